The molecule has 0 saturated heterocycles. The third kappa shape index (κ3) is 2.83. The van der Waals surface area contributed by atoms with E-state index in [1.54, 1.807) is 31.4 Å². The standard InChI is InChI=1S/C19H16N4O3/c1-10-7-11(2)20-16(8-10)22-18(24)13-9-14(15-5-4-6-25-15)21-19-17(13)12(3)23-26-19/h4-9H,1-3H3,(H,20,22,24). The second-order valence-corrected chi connectivity index (χ2v) is 6.11. The second kappa shape index (κ2) is 6.11. The van der Waals surface area contributed by atoms with Crippen LogP contribution in [0.4, 0.5) is 5.82 Å². The van der Waals surface area contributed by atoms with Crippen molar-refractivity contribution in [1.29, 1.82) is 0 Å². The lowest BCUT2D eigenvalue weighted by Crippen LogP contribution is -2.14. The van der Waals surface area contributed by atoms with Crippen LogP contribution in [0.2, 0.25) is 0 Å². The molecule has 4 rings (SSSR count). The molecule has 7 nitrogen and oxygen atoms in total. The maximum atomic E-state index is 12.9. The maximum absolute atomic E-state index is 12.9. The van der Waals surface area contributed by atoms with Crippen LogP contribution in [-0.2, 0) is 0 Å². The number of amides is 1. The van der Waals surface area contributed by atoms with E-state index in [2.05, 4.69) is 20.4 Å². The number of carbonyl (C=O) groups excluding carboxylic acids is 1. The fourth-order valence-electron chi connectivity index (χ4n) is 2.91. The minimum Gasteiger partial charge on any atom is -0.463 e. The van der Waals surface area contributed by atoms with Gasteiger partial charge in [0.25, 0.3) is 11.6 Å². The predicted octanol–water partition coefficient (Wildman–Crippen LogP) is 4.06. The fourth-order valence-corrected chi connectivity index (χ4v) is 2.91. The van der Waals surface area contributed by atoms with Gasteiger partial charge in [-0.2, -0.15) is 0 Å². The van der Waals surface area contributed by atoms with E-state index >= 15 is 0 Å². The molecule has 4 aromatic heterocycles. The molecule has 0 fully saturated rings. The van der Waals surface area contributed by atoms with Gasteiger partial charge >= 0.3 is 0 Å². The Labute approximate surface area is 149 Å². The number of furan rings is 1. The van der Waals surface area contributed by atoms with Gasteiger partial charge in [-0.25, -0.2) is 9.97 Å². The van der Waals surface area contributed by atoms with Crippen molar-refractivity contribution >= 4 is 22.8 Å². The largest absolute Gasteiger partial charge is 0.463 e. The molecular formula is C19H16N4O3. The Kier molecular flexibility index (Phi) is 3.76. The highest BCUT2D eigenvalue weighted by atomic mass is 16.5. The van der Waals surface area contributed by atoms with Crippen molar-refractivity contribution in [3.05, 3.63) is 59.1 Å². The number of nitrogens with zero attached hydrogens (tertiary/aromatic N) is 3. The summed E-state index contributed by atoms with van der Waals surface area (Å²) in [5.74, 6) is 0.722. The van der Waals surface area contributed by atoms with Crippen molar-refractivity contribution in [2.45, 2.75) is 20.8 Å². The van der Waals surface area contributed by atoms with Crippen LogP contribution in [0.3, 0.4) is 0 Å². The molecule has 26 heavy (non-hydrogen) atoms. The van der Waals surface area contributed by atoms with Gasteiger partial charge in [-0.05, 0) is 56.7 Å². The molecule has 0 radical (unpaired) electrons. The second-order valence-electron chi connectivity index (χ2n) is 6.11. The molecular weight excluding hydrogens is 332 g/mol. The summed E-state index contributed by atoms with van der Waals surface area (Å²) in [5.41, 5.74) is 3.63. The monoisotopic (exact) mass is 348 g/mol. The van der Waals surface area contributed by atoms with E-state index in [0.29, 0.717) is 33.9 Å². The molecule has 0 bridgehead atoms. The Balaban J connectivity index is 1.81. The highest BCUT2D eigenvalue weighted by Crippen LogP contribution is 2.27. The van der Waals surface area contributed by atoms with E-state index in [4.69, 9.17) is 8.94 Å². The van der Waals surface area contributed by atoms with Gasteiger partial charge in [-0.15, -0.1) is 0 Å². The van der Waals surface area contributed by atoms with Gasteiger partial charge < -0.3 is 14.3 Å². The molecule has 4 aromatic rings. The van der Waals surface area contributed by atoms with Crippen molar-refractivity contribution in [1.82, 2.24) is 15.1 Å². The zero-order valence-corrected chi connectivity index (χ0v) is 14.5. The van der Waals surface area contributed by atoms with Crippen LogP contribution < -0.4 is 5.32 Å². The average molecular weight is 348 g/mol. The van der Waals surface area contributed by atoms with Crippen molar-refractivity contribution in [3.63, 3.8) is 0 Å². The van der Waals surface area contributed by atoms with Gasteiger partial charge in [0, 0.05) is 5.69 Å². The molecule has 0 aliphatic heterocycles. The molecule has 7 heteroatoms. The molecule has 0 aromatic carbocycles. The number of rotatable bonds is 3. The van der Waals surface area contributed by atoms with Crippen molar-refractivity contribution < 1.29 is 13.7 Å². The Hall–Kier alpha value is -3.48. The third-order valence-corrected chi connectivity index (χ3v) is 3.97. The Morgan fingerprint density at radius 1 is 1.12 bits per heavy atom. The summed E-state index contributed by atoms with van der Waals surface area (Å²) in [6, 6.07) is 8.95. The van der Waals surface area contributed by atoms with E-state index in [1.165, 1.54) is 0 Å². The highest BCUT2D eigenvalue weighted by Gasteiger charge is 2.20. The van der Waals surface area contributed by atoms with Crippen molar-refractivity contribution in [2.75, 3.05) is 5.32 Å². The van der Waals surface area contributed by atoms with E-state index < -0.39 is 0 Å². The Morgan fingerprint density at radius 3 is 2.69 bits per heavy atom. The zero-order valence-electron chi connectivity index (χ0n) is 14.5. The van der Waals surface area contributed by atoms with Crippen LogP contribution in [0, 0.1) is 20.8 Å². The summed E-state index contributed by atoms with van der Waals surface area (Å²) in [6.45, 7) is 5.60. The lowest BCUT2D eigenvalue weighted by Gasteiger charge is -2.08. The number of anilines is 1. The number of pyridine rings is 2. The van der Waals surface area contributed by atoms with Gasteiger partial charge in [0.05, 0.1) is 22.9 Å². The first kappa shape index (κ1) is 16.0. The summed E-state index contributed by atoms with van der Waals surface area (Å²) in [7, 11) is 0. The number of aromatic nitrogens is 3. The van der Waals surface area contributed by atoms with Gasteiger partial charge in [-0.3, -0.25) is 4.79 Å². The van der Waals surface area contributed by atoms with Crippen LogP contribution in [0.15, 0.2) is 45.5 Å². The first-order chi connectivity index (χ1) is 12.5. The zero-order chi connectivity index (χ0) is 18.3. The Morgan fingerprint density at radius 2 is 1.96 bits per heavy atom. The number of hydrogen-bond acceptors (Lipinski definition) is 6. The molecule has 0 unspecified atom stereocenters. The van der Waals surface area contributed by atoms with Crippen LogP contribution in [0.25, 0.3) is 22.6 Å². The van der Waals surface area contributed by atoms with Gasteiger partial charge in [0.15, 0.2) is 5.76 Å². The predicted molar refractivity (Wildman–Crippen MR) is 95.9 cm³/mol. The summed E-state index contributed by atoms with van der Waals surface area (Å²) in [6.07, 6.45) is 1.55. The molecule has 1 amide bonds. The number of fused-ring (bicyclic) bond motifs is 1. The minimum atomic E-state index is -0.311. The quantitative estimate of drug-likeness (QED) is 0.600. The molecule has 0 atom stereocenters. The molecule has 0 aliphatic rings. The van der Waals surface area contributed by atoms with Crippen molar-refractivity contribution in [2.24, 2.45) is 0 Å². The summed E-state index contributed by atoms with van der Waals surface area (Å²) in [4.78, 5) is 21.7. The van der Waals surface area contributed by atoms with Crippen LogP contribution in [0.5, 0.6) is 0 Å². The molecule has 0 saturated carbocycles. The summed E-state index contributed by atoms with van der Waals surface area (Å²) < 4.78 is 10.7. The molecule has 0 aliphatic carbocycles. The number of carbonyl (C=O) groups is 1. The van der Waals surface area contributed by atoms with Crippen molar-refractivity contribution in [3.8, 4) is 11.5 Å². The summed E-state index contributed by atoms with van der Waals surface area (Å²) >= 11 is 0. The lowest BCUT2D eigenvalue weighted by molar-refractivity contribution is 0.102. The average Bonchev–Trinajstić information content (AvgIpc) is 3.23. The van der Waals surface area contributed by atoms with E-state index in [0.717, 1.165) is 11.3 Å². The van der Waals surface area contributed by atoms with Gasteiger partial charge in [0.2, 0.25) is 0 Å². The smallest absolute Gasteiger partial charge is 0.259 e. The number of aryl methyl sites for hydroxylation is 3. The topological polar surface area (TPSA) is 94.1 Å². The van der Waals surface area contributed by atoms with E-state index in [-0.39, 0.29) is 11.6 Å². The molecule has 1 N–H and O–H groups in total. The normalized spacial score (nSPS) is 11.0. The number of hydrogen-bond donors (Lipinski definition) is 1. The van der Waals surface area contributed by atoms with Crippen LogP contribution in [-0.4, -0.2) is 21.0 Å². The third-order valence-electron chi connectivity index (χ3n) is 3.97. The van der Waals surface area contributed by atoms with Crippen LogP contribution in [0.1, 0.15) is 27.3 Å². The fraction of sp³-hybridized carbons (Fsp3) is 0.158. The minimum absolute atomic E-state index is 0.287. The van der Waals surface area contributed by atoms with E-state index in [1.807, 2.05) is 26.0 Å². The molecule has 0 spiro atoms. The number of nitrogens with one attached hydrogen (secondary N) is 1. The maximum Gasteiger partial charge on any atom is 0.259 e. The molecule has 130 valence electrons. The first-order valence-electron chi connectivity index (χ1n) is 8.09. The SMILES string of the molecule is Cc1cc(C)nc(NC(=O)c2cc(-c3ccco3)nc3onc(C)c23)c1. The molecule has 4 heterocycles. The summed E-state index contributed by atoms with van der Waals surface area (Å²) in [5, 5.41) is 7.35. The highest BCUT2D eigenvalue weighted by molar-refractivity contribution is 6.12. The van der Waals surface area contributed by atoms with Crippen LogP contribution >= 0.6 is 0 Å². The van der Waals surface area contributed by atoms with Gasteiger partial charge in [-0.1, -0.05) is 5.16 Å². The van der Waals surface area contributed by atoms with E-state index in [9.17, 15) is 4.79 Å². The lowest BCUT2D eigenvalue weighted by atomic mass is 10.1. The first-order valence-corrected chi connectivity index (χ1v) is 8.09. The van der Waals surface area contributed by atoms with Gasteiger partial charge in [0.1, 0.15) is 11.5 Å². The Bertz CT molecular complexity index is 1090.